The summed E-state index contributed by atoms with van der Waals surface area (Å²) in [5.41, 5.74) is 3.47. The van der Waals surface area contributed by atoms with Crippen LogP contribution in [0.15, 0.2) is 48.5 Å². The van der Waals surface area contributed by atoms with Crippen LogP contribution in [0.4, 0.5) is 0 Å². The van der Waals surface area contributed by atoms with Crippen LogP contribution in [0.3, 0.4) is 0 Å². The molecule has 0 aliphatic carbocycles. The van der Waals surface area contributed by atoms with Gasteiger partial charge in [-0.2, -0.15) is 0 Å². The lowest BCUT2D eigenvalue weighted by molar-refractivity contribution is 0.111. The smallest absolute Gasteiger partial charge is 0.150 e. The van der Waals surface area contributed by atoms with Gasteiger partial charge in [-0.05, 0) is 17.5 Å². The van der Waals surface area contributed by atoms with Gasteiger partial charge in [0.05, 0.1) is 0 Å². The fourth-order valence-corrected chi connectivity index (χ4v) is 1.74. The van der Waals surface area contributed by atoms with Gasteiger partial charge in [0.1, 0.15) is 12.6 Å². The molecule has 2 rings (SSSR count). The molecular formula is C15H12O2. The highest BCUT2D eigenvalue weighted by atomic mass is 16.1. The first-order valence-electron chi connectivity index (χ1n) is 5.40. The maximum atomic E-state index is 10.9. The second-order valence-corrected chi connectivity index (χ2v) is 3.85. The molecule has 0 radical (unpaired) electrons. The predicted octanol–water partition coefficient (Wildman–Crippen LogP) is 2.90. The number of carbonyl (C=O) groups is 2. The maximum Gasteiger partial charge on any atom is 0.150 e. The van der Waals surface area contributed by atoms with Gasteiger partial charge in [-0.25, -0.2) is 0 Å². The van der Waals surface area contributed by atoms with Crippen molar-refractivity contribution in [3.63, 3.8) is 0 Å². The van der Waals surface area contributed by atoms with Gasteiger partial charge < -0.3 is 0 Å². The molecule has 0 N–H and O–H groups in total. The van der Waals surface area contributed by atoms with Crippen molar-refractivity contribution in [2.75, 3.05) is 0 Å². The molecule has 2 nitrogen and oxygen atoms in total. The first-order chi connectivity index (χ1) is 8.33. The number of rotatable bonds is 4. The van der Waals surface area contributed by atoms with Gasteiger partial charge in [0.2, 0.25) is 0 Å². The van der Waals surface area contributed by atoms with Crippen LogP contribution in [0, 0.1) is 0 Å². The van der Waals surface area contributed by atoms with E-state index in [2.05, 4.69) is 0 Å². The van der Waals surface area contributed by atoms with Gasteiger partial charge >= 0.3 is 0 Å². The van der Waals surface area contributed by atoms with Crippen LogP contribution in [0.2, 0.25) is 0 Å². The summed E-state index contributed by atoms with van der Waals surface area (Å²) in [5, 5.41) is 0. The lowest BCUT2D eigenvalue weighted by atomic mass is 10.00. The third-order valence-electron chi connectivity index (χ3n) is 2.69. The lowest BCUT2D eigenvalue weighted by Crippen LogP contribution is -1.94. The number of benzene rings is 2. The minimum atomic E-state index is 0.664. The molecule has 2 heteroatoms. The van der Waals surface area contributed by atoms with E-state index in [9.17, 15) is 9.59 Å². The Kier molecular flexibility index (Phi) is 3.46. The molecule has 0 aliphatic rings. The predicted molar refractivity (Wildman–Crippen MR) is 66.5 cm³/mol. The fourth-order valence-electron chi connectivity index (χ4n) is 1.74. The Morgan fingerprint density at radius 1 is 0.824 bits per heavy atom. The summed E-state index contributed by atoms with van der Waals surface area (Å²) >= 11 is 0. The van der Waals surface area contributed by atoms with Crippen molar-refractivity contribution >= 4 is 12.6 Å². The van der Waals surface area contributed by atoms with Crippen molar-refractivity contribution in [2.24, 2.45) is 0 Å². The van der Waals surface area contributed by atoms with Crippen LogP contribution >= 0.6 is 0 Å². The van der Waals surface area contributed by atoms with Crippen molar-refractivity contribution in [3.05, 3.63) is 70.8 Å². The summed E-state index contributed by atoms with van der Waals surface area (Å²) in [6.07, 6.45) is 2.40. The van der Waals surface area contributed by atoms with E-state index in [-0.39, 0.29) is 0 Å². The minimum absolute atomic E-state index is 0.664. The summed E-state index contributed by atoms with van der Waals surface area (Å²) in [4.78, 5) is 21.4. The SMILES string of the molecule is O=Cc1ccc(Cc2ccccc2C=O)cc1. The van der Waals surface area contributed by atoms with Gasteiger partial charge in [0.15, 0.2) is 0 Å². The zero-order chi connectivity index (χ0) is 12.1. The van der Waals surface area contributed by atoms with Gasteiger partial charge in [-0.3, -0.25) is 9.59 Å². The molecule has 0 atom stereocenters. The molecule has 2 aromatic rings. The first kappa shape index (κ1) is 11.3. The van der Waals surface area contributed by atoms with E-state index in [1.165, 1.54) is 0 Å². The van der Waals surface area contributed by atoms with E-state index in [0.29, 0.717) is 17.5 Å². The highest BCUT2D eigenvalue weighted by Gasteiger charge is 2.01. The highest BCUT2D eigenvalue weighted by Crippen LogP contribution is 2.13. The van der Waals surface area contributed by atoms with Crippen LogP contribution in [-0.2, 0) is 6.42 Å². The Labute approximate surface area is 99.9 Å². The van der Waals surface area contributed by atoms with Gasteiger partial charge in [0.25, 0.3) is 0 Å². The number of hydrogen-bond acceptors (Lipinski definition) is 2. The van der Waals surface area contributed by atoms with Gasteiger partial charge in [-0.1, -0.05) is 48.5 Å². The van der Waals surface area contributed by atoms with Crippen molar-refractivity contribution in [2.45, 2.75) is 6.42 Å². The minimum Gasteiger partial charge on any atom is -0.298 e. The van der Waals surface area contributed by atoms with Crippen molar-refractivity contribution in [1.29, 1.82) is 0 Å². The van der Waals surface area contributed by atoms with E-state index >= 15 is 0 Å². The molecule has 0 saturated carbocycles. The fraction of sp³-hybridized carbons (Fsp3) is 0.0667. The van der Waals surface area contributed by atoms with Crippen molar-refractivity contribution in [3.8, 4) is 0 Å². The van der Waals surface area contributed by atoms with Crippen LogP contribution < -0.4 is 0 Å². The van der Waals surface area contributed by atoms with E-state index in [0.717, 1.165) is 23.7 Å². The monoisotopic (exact) mass is 224 g/mol. The average Bonchev–Trinajstić information content (AvgIpc) is 2.40. The van der Waals surface area contributed by atoms with E-state index < -0.39 is 0 Å². The highest BCUT2D eigenvalue weighted by molar-refractivity contribution is 5.77. The topological polar surface area (TPSA) is 34.1 Å². The van der Waals surface area contributed by atoms with Gasteiger partial charge in [-0.15, -0.1) is 0 Å². The Hall–Kier alpha value is -2.22. The molecule has 0 fully saturated rings. The molecule has 17 heavy (non-hydrogen) atoms. The molecule has 0 aliphatic heterocycles. The summed E-state index contributed by atoms with van der Waals surface area (Å²) < 4.78 is 0. The van der Waals surface area contributed by atoms with E-state index in [1.807, 2.05) is 36.4 Å². The third kappa shape index (κ3) is 2.67. The molecule has 0 unspecified atom stereocenters. The Balaban J connectivity index is 2.24. The molecule has 2 aromatic carbocycles. The van der Waals surface area contributed by atoms with Crippen LogP contribution in [0.25, 0.3) is 0 Å². The summed E-state index contributed by atoms with van der Waals surface area (Å²) in [5.74, 6) is 0. The molecule has 0 bridgehead atoms. The first-order valence-corrected chi connectivity index (χ1v) is 5.40. The molecule has 0 spiro atoms. The molecule has 0 amide bonds. The summed E-state index contributed by atoms with van der Waals surface area (Å²) in [6.45, 7) is 0. The molecular weight excluding hydrogens is 212 g/mol. The lowest BCUT2D eigenvalue weighted by Gasteiger charge is -2.04. The summed E-state index contributed by atoms with van der Waals surface area (Å²) in [7, 11) is 0. The van der Waals surface area contributed by atoms with Gasteiger partial charge in [0, 0.05) is 11.1 Å². The Bertz CT molecular complexity index is 527. The molecule has 0 heterocycles. The second-order valence-electron chi connectivity index (χ2n) is 3.85. The third-order valence-corrected chi connectivity index (χ3v) is 2.69. The summed E-state index contributed by atoms with van der Waals surface area (Å²) in [6, 6.07) is 14.9. The largest absolute Gasteiger partial charge is 0.298 e. The molecule has 0 aromatic heterocycles. The quantitative estimate of drug-likeness (QED) is 0.748. The molecule has 0 saturated heterocycles. The maximum absolute atomic E-state index is 10.9. The second kappa shape index (κ2) is 5.21. The standard InChI is InChI=1S/C15H12O2/c16-10-13-7-5-12(6-8-13)9-14-3-1-2-4-15(14)11-17/h1-8,10-11H,9H2. The number of carbonyl (C=O) groups excluding carboxylic acids is 2. The van der Waals surface area contributed by atoms with E-state index in [4.69, 9.17) is 0 Å². The zero-order valence-electron chi connectivity index (χ0n) is 9.30. The van der Waals surface area contributed by atoms with E-state index in [1.54, 1.807) is 12.1 Å². The van der Waals surface area contributed by atoms with Crippen LogP contribution in [-0.4, -0.2) is 12.6 Å². The van der Waals surface area contributed by atoms with Crippen LogP contribution in [0.5, 0.6) is 0 Å². The Morgan fingerprint density at radius 2 is 1.53 bits per heavy atom. The number of aldehydes is 2. The number of hydrogen-bond donors (Lipinski definition) is 0. The normalized spacial score (nSPS) is 9.88. The zero-order valence-corrected chi connectivity index (χ0v) is 9.30. The van der Waals surface area contributed by atoms with Crippen molar-refractivity contribution in [1.82, 2.24) is 0 Å². The van der Waals surface area contributed by atoms with Crippen LogP contribution in [0.1, 0.15) is 31.8 Å². The molecule has 84 valence electrons. The Morgan fingerprint density at radius 3 is 2.18 bits per heavy atom. The van der Waals surface area contributed by atoms with Crippen molar-refractivity contribution < 1.29 is 9.59 Å². The average molecular weight is 224 g/mol.